The van der Waals surface area contributed by atoms with Crippen molar-refractivity contribution in [2.75, 3.05) is 6.61 Å². The van der Waals surface area contributed by atoms with E-state index in [1.165, 1.54) is 0 Å². The molecule has 0 saturated carbocycles. The number of ether oxygens (including phenoxy) is 1. The summed E-state index contributed by atoms with van der Waals surface area (Å²) in [4.78, 5) is 21.6. The van der Waals surface area contributed by atoms with E-state index in [-0.39, 0.29) is 12.4 Å². The Labute approximate surface area is 88.2 Å². The highest BCUT2D eigenvalue weighted by Crippen LogP contribution is 2.00. The van der Waals surface area contributed by atoms with Gasteiger partial charge in [0.15, 0.2) is 5.78 Å². The van der Waals surface area contributed by atoms with E-state index >= 15 is 0 Å². The number of carbonyl (C=O) groups excluding carboxylic acids is 2. The number of amides is 1. The number of hydrogen-bond donors (Lipinski definition) is 1. The van der Waals surface area contributed by atoms with E-state index in [2.05, 4.69) is 5.32 Å². The molecule has 0 spiro atoms. The van der Waals surface area contributed by atoms with Crippen LogP contribution in [-0.2, 0) is 9.53 Å². The number of ketones is 1. The van der Waals surface area contributed by atoms with Crippen molar-refractivity contribution in [3.05, 3.63) is 35.9 Å². The standard InChI is InChI=1S/C11H13NO3/c1-9(12-8-13)15-7-11(14)10-5-3-2-4-6-10/h2-6,8-9H,7H2,1H3,(H,12,13). The molecule has 0 aliphatic carbocycles. The van der Waals surface area contributed by atoms with Gasteiger partial charge in [-0.2, -0.15) is 0 Å². The molecule has 15 heavy (non-hydrogen) atoms. The number of benzene rings is 1. The third-order valence-corrected chi connectivity index (χ3v) is 1.86. The molecule has 80 valence electrons. The zero-order chi connectivity index (χ0) is 11.1. The third kappa shape index (κ3) is 3.91. The lowest BCUT2D eigenvalue weighted by molar-refractivity contribution is -0.112. The van der Waals surface area contributed by atoms with Crippen LogP contribution in [0, 0.1) is 0 Å². The first kappa shape index (κ1) is 11.4. The van der Waals surface area contributed by atoms with E-state index in [4.69, 9.17) is 4.74 Å². The van der Waals surface area contributed by atoms with Gasteiger partial charge in [-0.1, -0.05) is 30.3 Å². The highest BCUT2D eigenvalue weighted by atomic mass is 16.5. The van der Waals surface area contributed by atoms with Crippen molar-refractivity contribution in [1.29, 1.82) is 0 Å². The predicted molar refractivity (Wildman–Crippen MR) is 55.4 cm³/mol. The Kier molecular flexibility index (Phi) is 4.50. The Morgan fingerprint density at radius 1 is 1.47 bits per heavy atom. The molecule has 1 atom stereocenters. The molecule has 0 heterocycles. The van der Waals surface area contributed by atoms with Crippen LogP contribution in [0.3, 0.4) is 0 Å². The molecular weight excluding hydrogens is 194 g/mol. The summed E-state index contributed by atoms with van der Waals surface area (Å²) in [6.07, 6.45) is 0.0904. The van der Waals surface area contributed by atoms with Crippen molar-refractivity contribution in [3.8, 4) is 0 Å². The average Bonchev–Trinajstić information content (AvgIpc) is 2.27. The van der Waals surface area contributed by atoms with Crippen molar-refractivity contribution >= 4 is 12.2 Å². The maximum Gasteiger partial charge on any atom is 0.209 e. The van der Waals surface area contributed by atoms with Crippen molar-refractivity contribution in [1.82, 2.24) is 5.32 Å². The fourth-order valence-electron chi connectivity index (χ4n) is 1.05. The van der Waals surface area contributed by atoms with Gasteiger partial charge < -0.3 is 10.1 Å². The molecule has 1 amide bonds. The van der Waals surface area contributed by atoms with E-state index in [0.717, 1.165) is 0 Å². The van der Waals surface area contributed by atoms with Gasteiger partial charge in [-0.05, 0) is 6.92 Å². The molecule has 0 aliphatic rings. The van der Waals surface area contributed by atoms with E-state index in [9.17, 15) is 9.59 Å². The molecule has 1 aromatic carbocycles. The van der Waals surface area contributed by atoms with Crippen molar-refractivity contribution in [2.45, 2.75) is 13.2 Å². The lowest BCUT2D eigenvalue weighted by atomic mass is 10.1. The molecule has 4 heteroatoms. The van der Waals surface area contributed by atoms with E-state index in [0.29, 0.717) is 12.0 Å². The van der Waals surface area contributed by atoms with Crippen LogP contribution in [0.4, 0.5) is 0 Å². The van der Waals surface area contributed by atoms with Crippen LogP contribution < -0.4 is 5.32 Å². The lowest BCUT2D eigenvalue weighted by Crippen LogP contribution is -2.29. The van der Waals surface area contributed by atoms with Crippen LogP contribution in [-0.4, -0.2) is 25.0 Å². The lowest BCUT2D eigenvalue weighted by Gasteiger charge is -2.10. The van der Waals surface area contributed by atoms with Crippen LogP contribution in [0.5, 0.6) is 0 Å². The minimum atomic E-state index is -0.449. The molecule has 1 N–H and O–H groups in total. The molecule has 1 rings (SSSR count). The molecule has 4 nitrogen and oxygen atoms in total. The molecule has 0 bridgehead atoms. The zero-order valence-corrected chi connectivity index (χ0v) is 8.47. The van der Waals surface area contributed by atoms with Gasteiger partial charge in [0.25, 0.3) is 0 Å². The number of rotatable bonds is 6. The predicted octanol–water partition coefficient (Wildman–Crippen LogP) is 0.978. The molecule has 0 saturated heterocycles. The summed E-state index contributed by atoms with van der Waals surface area (Å²) in [5, 5.41) is 2.40. The average molecular weight is 207 g/mol. The maximum absolute atomic E-state index is 11.5. The Balaban J connectivity index is 2.40. The number of Topliss-reactive ketones (excluding diaryl/α,β-unsaturated/α-hetero) is 1. The van der Waals surface area contributed by atoms with Gasteiger partial charge in [-0.3, -0.25) is 9.59 Å². The van der Waals surface area contributed by atoms with E-state index in [1.807, 2.05) is 6.07 Å². The van der Waals surface area contributed by atoms with Crippen LogP contribution >= 0.6 is 0 Å². The van der Waals surface area contributed by atoms with Gasteiger partial charge in [0.05, 0.1) is 0 Å². The first-order chi connectivity index (χ1) is 7.24. The second kappa shape index (κ2) is 5.93. The summed E-state index contributed by atoms with van der Waals surface area (Å²) in [6.45, 7) is 1.62. The van der Waals surface area contributed by atoms with E-state index < -0.39 is 6.23 Å². The largest absolute Gasteiger partial charge is 0.351 e. The zero-order valence-electron chi connectivity index (χ0n) is 8.47. The summed E-state index contributed by atoms with van der Waals surface area (Å²) in [6, 6.07) is 8.88. The van der Waals surface area contributed by atoms with Crippen LogP contribution in [0.15, 0.2) is 30.3 Å². The molecule has 1 aromatic rings. The molecule has 1 unspecified atom stereocenters. The topological polar surface area (TPSA) is 55.4 Å². The molecular formula is C11H13NO3. The summed E-state index contributed by atoms with van der Waals surface area (Å²) in [5.41, 5.74) is 0.607. The van der Waals surface area contributed by atoms with Crippen molar-refractivity contribution < 1.29 is 14.3 Å². The van der Waals surface area contributed by atoms with Gasteiger partial charge in [0.2, 0.25) is 6.41 Å². The van der Waals surface area contributed by atoms with Gasteiger partial charge in [0, 0.05) is 5.56 Å². The van der Waals surface area contributed by atoms with E-state index in [1.54, 1.807) is 31.2 Å². The van der Waals surface area contributed by atoms with Crippen molar-refractivity contribution in [2.24, 2.45) is 0 Å². The van der Waals surface area contributed by atoms with Gasteiger partial charge in [0.1, 0.15) is 12.8 Å². The molecule has 0 fully saturated rings. The Bertz CT molecular complexity index is 324. The third-order valence-electron chi connectivity index (χ3n) is 1.86. The first-order valence-corrected chi connectivity index (χ1v) is 4.63. The highest BCUT2D eigenvalue weighted by Gasteiger charge is 2.07. The van der Waals surface area contributed by atoms with Gasteiger partial charge in [-0.15, -0.1) is 0 Å². The quantitative estimate of drug-likeness (QED) is 0.429. The van der Waals surface area contributed by atoms with Crippen LogP contribution in [0.1, 0.15) is 17.3 Å². The SMILES string of the molecule is CC(NC=O)OCC(=O)c1ccccc1. The minimum absolute atomic E-state index is 0.0357. The molecule has 0 aliphatic heterocycles. The second-order valence-corrected chi connectivity index (χ2v) is 3.03. The number of nitrogens with one attached hydrogen (secondary N) is 1. The van der Waals surface area contributed by atoms with Gasteiger partial charge >= 0.3 is 0 Å². The summed E-state index contributed by atoms with van der Waals surface area (Å²) < 4.78 is 5.11. The summed E-state index contributed by atoms with van der Waals surface area (Å²) in [7, 11) is 0. The van der Waals surface area contributed by atoms with Crippen LogP contribution in [0.25, 0.3) is 0 Å². The first-order valence-electron chi connectivity index (χ1n) is 4.63. The fourth-order valence-corrected chi connectivity index (χ4v) is 1.05. The monoisotopic (exact) mass is 207 g/mol. The summed E-state index contributed by atoms with van der Waals surface area (Å²) >= 11 is 0. The Morgan fingerprint density at radius 2 is 2.13 bits per heavy atom. The van der Waals surface area contributed by atoms with Gasteiger partial charge in [-0.25, -0.2) is 0 Å². The Hall–Kier alpha value is -1.68. The number of carbonyl (C=O) groups is 2. The minimum Gasteiger partial charge on any atom is -0.351 e. The number of hydrogen-bond acceptors (Lipinski definition) is 3. The maximum atomic E-state index is 11.5. The highest BCUT2D eigenvalue weighted by molar-refractivity contribution is 5.97. The Morgan fingerprint density at radius 3 is 2.73 bits per heavy atom. The molecule has 0 radical (unpaired) electrons. The van der Waals surface area contributed by atoms with Crippen molar-refractivity contribution in [3.63, 3.8) is 0 Å². The summed E-state index contributed by atoms with van der Waals surface area (Å²) in [5.74, 6) is -0.102. The normalized spacial score (nSPS) is 11.8. The fraction of sp³-hybridized carbons (Fsp3) is 0.273. The molecule has 0 aromatic heterocycles. The second-order valence-electron chi connectivity index (χ2n) is 3.03. The van der Waals surface area contributed by atoms with Crippen LogP contribution in [0.2, 0.25) is 0 Å². The smallest absolute Gasteiger partial charge is 0.209 e.